The highest BCUT2D eigenvalue weighted by Gasteiger charge is 2.26. The highest BCUT2D eigenvalue weighted by Crippen LogP contribution is 2.39. The average molecular weight is 378 g/mol. The molecule has 1 aliphatic carbocycles. The molecule has 1 fully saturated rings. The molecule has 0 atom stereocenters. The molecule has 144 valence electrons. The Morgan fingerprint density at radius 3 is 2.04 bits per heavy atom. The van der Waals surface area contributed by atoms with Gasteiger partial charge in [0.25, 0.3) is 0 Å². The van der Waals surface area contributed by atoms with Crippen LogP contribution in [0.15, 0.2) is 36.6 Å². The fourth-order valence-electron chi connectivity index (χ4n) is 3.63. The van der Waals surface area contributed by atoms with Gasteiger partial charge in [0.05, 0.1) is 6.26 Å². The summed E-state index contributed by atoms with van der Waals surface area (Å²) in [5, 5.41) is 0. The number of halogens is 4. The Balaban J connectivity index is 1.96. The summed E-state index contributed by atoms with van der Waals surface area (Å²) in [4.78, 5) is 0. The Hall–Kier alpha value is -2.30. The molecule has 27 heavy (non-hydrogen) atoms. The van der Waals surface area contributed by atoms with Crippen LogP contribution in [0, 0.1) is 29.2 Å². The number of allylic oxidation sites excluding steroid dienone is 1. The third kappa shape index (κ3) is 3.87. The Kier molecular flexibility index (Phi) is 5.88. The number of benzene rings is 2. The molecule has 2 aromatic rings. The van der Waals surface area contributed by atoms with Gasteiger partial charge in [-0.05, 0) is 49.3 Å². The summed E-state index contributed by atoms with van der Waals surface area (Å²) in [6.45, 7) is 3.81. The Morgan fingerprint density at radius 2 is 1.41 bits per heavy atom. The second-order valence-electron chi connectivity index (χ2n) is 7.11. The first-order valence-corrected chi connectivity index (χ1v) is 9.18. The van der Waals surface area contributed by atoms with Crippen molar-refractivity contribution in [2.24, 2.45) is 5.92 Å². The first-order valence-electron chi connectivity index (χ1n) is 9.18. The second kappa shape index (κ2) is 8.15. The van der Waals surface area contributed by atoms with Gasteiger partial charge in [0.1, 0.15) is 0 Å². The zero-order chi connectivity index (χ0) is 19.6. The standard InChI is InChI=1S/C22H22F4O/c1-3-12-27-18-11-10-17(21(25)22(18)26)16-9-8-15(19(23)20(16)24)14-6-4-13(2)5-7-14/h3,8-14H,4-7H2,1-2H3. The average Bonchev–Trinajstić information content (AvgIpc) is 2.67. The van der Waals surface area contributed by atoms with Crippen LogP contribution in [0.25, 0.3) is 11.1 Å². The summed E-state index contributed by atoms with van der Waals surface area (Å²) < 4.78 is 62.9. The molecule has 0 aliphatic heterocycles. The second-order valence-corrected chi connectivity index (χ2v) is 7.11. The maximum Gasteiger partial charge on any atom is 0.201 e. The van der Waals surface area contributed by atoms with Crippen LogP contribution >= 0.6 is 0 Å². The van der Waals surface area contributed by atoms with Gasteiger partial charge in [-0.25, -0.2) is 13.2 Å². The third-order valence-corrected chi connectivity index (χ3v) is 5.24. The molecule has 1 aliphatic rings. The van der Waals surface area contributed by atoms with Gasteiger partial charge >= 0.3 is 0 Å². The lowest BCUT2D eigenvalue weighted by molar-refractivity contribution is 0.339. The van der Waals surface area contributed by atoms with Crippen molar-refractivity contribution in [1.29, 1.82) is 0 Å². The van der Waals surface area contributed by atoms with Crippen molar-refractivity contribution in [3.63, 3.8) is 0 Å². The van der Waals surface area contributed by atoms with E-state index in [-0.39, 0.29) is 22.8 Å². The Labute approximate surface area is 156 Å². The molecule has 0 N–H and O–H groups in total. The van der Waals surface area contributed by atoms with E-state index in [0.29, 0.717) is 11.5 Å². The molecule has 3 rings (SSSR count). The summed E-state index contributed by atoms with van der Waals surface area (Å²) in [7, 11) is 0. The maximum absolute atomic E-state index is 14.7. The van der Waals surface area contributed by atoms with Crippen molar-refractivity contribution in [2.75, 3.05) is 0 Å². The number of ether oxygens (including phenoxy) is 1. The van der Waals surface area contributed by atoms with E-state index >= 15 is 0 Å². The predicted molar refractivity (Wildman–Crippen MR) is 97.5 cm³/mol. The number of rotatable bonds is 4. The van der Waals surface area contributed by atoms with Crippen LogP contribution in [0.2, 0.25) is 0 Å². The molecule has 1 nitrogen and oxygen atoms in total. The van der Waals surface area contributed by atoms with Crippen LogP contribution in [-0.4, -0.2) is 0 Å². The first kappa shape index (κ1) is 19.5. The van der Waals surface area contributed by atoms with E-state index < -0.39 is 23.3 Å². The topological polar surface area (TPSA) is 9.23 Å². The molecule has 0 heterocycles. The monoisotopic (exact) mass is 378 g/mol. The molecule has 0 saturated heterocycles. The van der Waals surface area contributed by atoms with Crippen molar-refractivity contribution in [3.05, 3.63) is 65.4 Å². The van der Waals surface area contributed by atoms with Crippen molar-refractivity contribution in [2.45, 2.75) is 45.4 Å². The van der Waals surface area contributed by atoms with E-state index in [9.17, 15) is 17.6 Å². The van der Waals surface area contributed by atoms with Crippen LogP contribution in [0.3, 0.4) is 0 Å². The molecular formula is C22H22F4O. The van der Waals surface area contributed by atoms with Gasteiger partial charge in [0.15, 0.2) is 23.2 Å². The highest BCUT2D eigenvalue weighted by molar-refractivity contribution is 5.66. The minimum atomic E-state index is -1.27. The van der Waals surface area contributed by atoms with Crippen LogP contribution in [0.1, 0.15) is 51.0 Å². The SMILES string of the molecule is CC=COc1ccc(-c2ccc(C3CCC(C)CC3)c(F)c2F)c(F)c1F. The molecule has 0 unspecified atom stereocenters. The van der Waals surface area contributed by atoms with Gasteiger partial charge in [-0.15, -0.1) is 0 Å². The Morgan fingerprint density at radius 1 is 0.815 bits per heavy atom. The van der Waals surface area contributed by atoms with E-state index in [1.54, 1.807) is 6.92 Å². The molecule has 0 aromatic heterocycles. The normalized spacial score (nSPS) is 20.2. The highest BCUT2D eigenvalue weighted by atomic mass is 19.2. The van der Waals surface area contributed by atoms with Crippen molar-refractivity contribution in [1.82, 2.24) is 0 Å². The lowest BCUT2D eigenvalue weighted by Gasteiger charge is -2.27. The van der Waals surface area contributed by atoms with Crippen LogP contribution in [0.5, 0.6) is 5.75 Å². The van der Waals surface area contributed by atoms with Gasteiger partial charge in [-0.2, -0.15) is 4.39 Å². The van der Waals surface area contributed by atoms with Gasteiger partial charge in [-0.3, -0.25) is 0 Å². The summed E-state index contributed by atoms with van der Waals surface area (Å²) >= 11 is 0. The molecule has 0 bridgehead atoms. The molecule has 2 aromatic carbocycles. The molecular weight excluding hydrogens is 356 g/mol. The summed E-state index contributed by atoms with van der Waals surface area (Å²) in [6.07, 6.45) is 6.28. The van der Waals surface area contributed by atoms with Gasteiger partial charge in [0, 0.05) is 11.1 Å². The minimum absolute atomic E-state index is 0.0389. The predicted octanol–water partition coefficient (Wildman–Crippen LogP) is 7.12. The van der Waals surface area contributed by atoms with E-state index in [0.717, 1.165) is 25.7 Å². The number of hydrogen-bond donors (Lipinski definition) is 0. The molecule has 1 saturated carbocycles. The van der Waals surface area contributed by atoms with E-state index in [1.165, 1.54) is 36.6 Å². The smallest absolute Gasteiger partial charge is 0.201 e. The van der Waals surface area contributed by atoms with E-state index in [4.69, 9.17) is 4.74 Å². The third-order valence-electron chi connectivity index (χ3n) is 5.24. The van der Waals surface area contributed by atoms with Gasteiger partial charge in [-0.1, -0.05) is 38.0 Å². The molecule has 0 radical (unpaired) electrons. The van der Waals surface area contributed by atoms with Gasteiger partial charge in [0.2, 0.25) is 5.82 Å². The van der Waals surface area contributed by atoms with Crippen molar-refractivity contribution < 1.29 is 22.3 Å². The van der Waals surface area contributed by atoms with Crippen molar-refractivity contribution in [3.8, 4) is 16.9 Å². The summed E-state index contributed by atoms with van der Waals surface area (Å²) in [5.74, 6) is -4.39. The fraction of sp³-hybridized carbons (Fsp3) is 0.364. The lowest BCUT2D eigenvalue weighted by atomic mass is 9.79. The fourth-order valence-corrected chi connectivity index (χ4v) is 3.63. The summed E-state index contributed by atoms with van der Waals surface area (Å²) in [5.41, 5.74) is -0.313. The minimum Gasteiger partial charge on any atom is -0.462 e. The van der Waals surface area contributed by atoms with Crippen LogP contribution in [0.4, 0.5) is 17.6 Å². The first-order chi connectivity index (χ1) is 12.9. The summed E-state index contributed by atoms with van der Waals surface area (Å²) in [6, 6.07) is 5.21. The molecule has 0 spiro atoms. The Bertz CT molecular complexity index is 852. The molecule has 5 heteroatoms. The molecule has 0 amide bonds. The zero-order valence-electron chi connectivity index (χ0n) is 15.4. The quantitative estimate of drug-likeness (QED) is 0.407. The van der Waals surface area contributed by atoms with Crippen LogP contribution in [-0.2, 0) is 0 Å². The van der Waals surface area contributed by atoms with Gasteiger partial charge < -0.3 is 4.74 Å². The van der Waals surface area contributed by atoms with Crippen LogP contribution < -0.4 is 4.74 Å². The maximum atomic E-state index is 14.7. The zero-order valence-corrected chi connectivity index (χ0v) is 15.4. The lowest BCUT2D eigenvalue weighted by Crippen LogP contribution is -2.13. The van der Waals surface area contributed by atoms with E-state index in [2.05, 4.69) is 6.92 Å². The largest absolute Gasteiger partial charge is 0.462 e. The number of hydrogen-bond acceptors (Lipinski definition) is 1. The van der Waals surface area contributed by atoms with E-state index in [1.807, 2.05) is 0 Å². The van der Waals surface area contributed by atoms with Crippen molar-refractivity contribution >= 4 is 0 Å².